The summed E-state index contributed by atoms with van der Waals surface area (Å²) in [7, 11) is 0. The molecule has 3 amide bonds. The van der Waals surface area contributed by atoms with Crippen molar-refractivity contribution < 1.29 is 19.1 Å². The van der Waals surface area contributed by atoms with Gasteiger partial charge in [-0.1, -0.05) is 23.5 Å². The SMILES string of the molecule is Cc1cc(-c2sc(NC(=O)N3CCC4(CC3)COCCN4C(=O)OC(C)(C)C)nc2-c2cccc(C#N)c2)cc(C)n1. The van der Waals surface area contributed by atoms with Gasteiger partial charge in [0.2, 0.25) is 0 Å². The lowest BCUT2D eigenvalue weighted by Gasteiger charge is -2.50. The third-order valence-electron chi connectivity index (χ3n) is 7.45. The molecule has 5 rings (SSSR count). The van der Waals surface area contributed by atoms with E-state index in [0.29, 0.717) is 62.1 Å². The number of benzene rings is 1. The summed E-state index contributed by atoms with van der Waals surface area (Å²) in [5, 5.41) is 12.9. The third kappa shape index (κ3) is 6.40. The van der Waals surface area contributed by atoms with Gasteiger partial charge in [0, 0.05) is 36.6 Å². The van der Waals surface area contributed by atoms with Gasteiger partial charge in [0.15, 0.2) is 5.13 Å². The fourth-order valence-corrected chi connectivity index (χ4v) is 6.48. The molecule has 0 saturated carbocycles. The second-order valence-corrected chi connectivity index (χ2v) is 12.9. The number of carbonyl (C=O) groups excluding carboxylic acids is 2. The molecular formula is C31H36N6O4S. The molecule has 0 aliphatic carbocycles. The maximum Gasteiger partial charge on any atom is 0.410 e. The number of hydrogen-bond donors (Lipinski definition) is 1. The molecule has 2 aromatic heterocycles. The van der Waals surface area contributed by atoms with Crippen LogP contribution in [0.5, 0.6) is 0 Å². The summed E-state index contributed by atoms with van der Waals surface area (Å²) in [6.07, 6.45) is 0.836. The van der Waals surface area contributed by atoms with Crippen molar-refractivity contribution in [2.75, 3.05) is 38.2 Å². The van der Waals surface area contributed by atoms with Crippen molar-refractivity contribution in [2.24, 2.45) is 0 Å². The normalized spacial score (nSPS) is 16.7. The van der Waals surface area contributed by atoms with Gasteiger partial charge in [-0.15, -0.1) is 0 Å². The molecule has 1 spiro atoms. The Hall–Kier alpha value is -4.01. The zero-order valence-corrected chi connectivity index (χ0v) is 25.5. The monoisotopic (exact) mass is 588 g/mol. The predicted octanol–water partition coefficient (Wildman–Crippen LogP) is 5.99. The Morgan fingerprint density at radius 1 is 1.07 bits per heavy atom. The number of thiazole rings is 1. The van der Waals surface area contributed by atoms with E-state index < -0.39 is 11.1 Å². The third-order valence-corrected chi connectivity index (χ3v) is 8.47. The Bertz CT molecular complexity index is 1510. The number of amides is 3. The van der Waals surface area contributed by atoms with Crippen molar-refractivity contribution in [1.82, 2.24) is 19.8 Å². The lowest BCUT2D eigenvalue weighted by atomic mass is 9.85. The summed E-state index contributed by atoms with van der Waals surface area (Å²) >= 11 is 1.39. The minimum atomic E-state index is -0.591. The van der Waals surface area contributed by atoms with Crippen LogP contribution in [-0.4, -0.2) is 75.9 Å². The van der Waals surface area contributed by atoms with Gasteiger partial charge in [0.25, 0.3) is 0 Å². The van der Waals surface area contributed by atoms with Crippen molar-refractivity contribution in [3.8, 4) is 27.8 Å². The molecule has 1 N–H and O–H groups in total. The molecule has 4 heterocycles. The van der Waals surface area contributed by atoms with Gasteiger partial charge in [0.05, 0.1) is 41.0 Å². The van der Waals surface area contributed by atoms with Gasteiger partial charge in [-0.3, -0.25) is 15.2 Å². The fourth-order valence-electron chi connectivity index (χ4n) is 5.51. The van der Waals surface area contributed by atoms with Crippen LogP contribution in [0, 0.1) is 25.2 Å². The number of likely N-dealkylation sites (tertiary alicyclic amines) is 1. The van der Waals surface area contributed by atoms with Crippen LogP contribution in [-0.2, 0) is 9.47 Å². The number of nitrogens with zero attached hydrogens (tertiary/aromatic N) is 5. The highest BCUT2D eigenvalue weighted by molar-refractivity contribution is 7.19. The van der Waals surface area contributed by atoms with E-state index >= 15 is 0 Å². The van der Waals surface area contributed by atoms with Crippen LogP contribution in [0.4, 0.5) is 14.7 Å². The van der Waals surface area contributed by atoms with Crippen LogP contribution >= 0.6 is 11.3 Å². The Morgan fingerprint density at radius 3 is 2.45 bits per heavy atom. The van der Waals surface area contributed by atoms with Crippen molar-refractivity contribution in [3.05, 3.63) is 53.3 Å². The number of ether oxygens (including phenoxy) is 2. The standard InChI is InChI=1S/C31H36N6O4S/c1-20-15-24(16-21(2)33-20)26-25(23-8-6-7-22(17-23)18-32)34-27(42-26)35-28(38)36-11-9-31(10-12-36)19-40-14-13-37(31)29(39)41-30(3,4)5/h6-8,15-17H,9-14,19H2,1-5H3,(H,34,35,38). The summed E-state index contributed by atoms with van der Waals surface area (Å²) in [5.74, 6) is 0. The van der Waals surface area contributed by atoms with E-state index in [9.17, 15) is 14.9 Å². The van der Waals surface area contributed by atoms with Gasteiger partial charge in [-0.25, -0.2) is 14.6 Å². The van der Waals surface area contributed by atoms with Gasteiger partial charge < -0.3 is 14.4 Å². The number of carbonyl (C=O) groups is 2. The van der Waals surface area contributed by atoms with Crippen LogP contribution in [0.25, 0.3) is 21.7 Å². The number of morpholine rings is 1. The molecule has 0 unspecified atom stereocenters. The Kier molecular flexibility index (Phi) is 8.21. The molecule has 1 aromatic carbocycles. The van der Waals surface area contributed by atoms with Crippen LogP contribution in [0.2, 0.25) is 0 Å². The highest BCUT2D eigenvalue weighted by Gasteiger charge is 2.46. The molecule has 10 nitrogen and oxygen atoms in total. The zero-order chi connectivity index (χ0) is 30.1. The van der Waals surface area contributed by atoms with Crippen molar-refractivity contribution in [3.63, 3.8) is 0 Å². The second-order valence-electron chi connectivity index (χ2n) is 11.9. The number of nitriles is 1. The molecule has 0 atom stereocenters. The largest absolute Gasteiger partial charge is 0.444 e. The second kappa shape index (κ2) is 11.7. The number of nitrogens with one attached hydrogen (secondary N) is 1. The summed E-state index contributed by atoms with van der Waals surface area (Å²) in [6, 6.07) is 13.2. The molecule has 2 aliphatic heterocycles. The van der Waals surface area contributed by atoms with E-state index in [4.69, 9.17) is 14.5 Å². The number of aryl methyl sites for hydroxylation is 2. The molecule has 2 saturated heterocycles. The van der Waals surface area contributed by atoms with Gasteiger partial charge in [0.1, 0.15) is 5.60 Å². The first-order chi connectivity index (χ1) is 20.0. The smallest absolute Gasteiger partial charge is 0.410 e. The van der Waals surface area contributed by atoms with Crippen LogP contribution in [0.15, 0.2) is 36.4 Å². The van der Waals surface area contributed by atoms with Crippen molar-refractivity contribution >= 4 is 28.6 Å². The number of urea groups is 1. The zero-order valence-electron chi connectivity index (χ0n) is 24.7. The van der Waals surface area contributed by atoms with Crippen LogP contribution in [0.3, 0.4) is 0 Å². The van der Waals surface area contributed by atoms with E-state index in [-0.39, 0.29) is 12.1 Å². The molecule has 0 radical (unpaired) electrons. The number of rotatable bonds is 3. The summed E-state index contributed by atoms with van der Waals surface area (Å²) in [6.45, 7) is 11.8. The Balaban J connectivity index is 1.35. The Labute approximate surface area is 250 Å². The number of hydrogen-bond acceptors (Lipinski definition) is 8. The van der Waals surface area contributed by atoms with Gasteiger partial charge in [-0.2, -0.15) is 5.26 Å². The summed E-state index contributed by atoms with van der Waals surface area (Å²) in [5.41, 5.74) is 3.66. The maximum absolute atomic E-state index is 13.4. The van der Waals surface area contributed by atoms with E-state index in [0.717, 1.165) is 27.4 Å². The topological polar surface area (TPSA) is 121 Å². The molecule has 42 heavy (non-hydrogen) atoms. The first-order valence-corrected chi connectivity index (χ1v) is 14.9. The van der Waals surface area contributed by atoms with E-state index in [1.165, 1.54) is 11.3 Å². The number of pyridine rings is 1. The molecule has 3 aromatic rings. The van der Waals surface area contributed by atoms with Gasteiger partial charge >= 0.3 is 12.1 Å². The van der Waals surface area contributed by atoms with E-state index in [2.05, 4.69) is 16.4 Å². The lowest BCUT2D eigenvalue weighted by molar-refractivity contribution is -0.0920. The molecule has 0 bridgehead atoms. The number of piperidine rings is 1. The minimum absolute atomic E-state index is 0.245. The quantitative estimate of drug-likeness (QED) is 0.399. The molecular weight excluding hydrogens is 552 g/mol. The molecule has 2 aliphatic rings. The molecule has 220 valence electrons. The number of anilines is 1. The predicted molar refractivity (Wildman–Crippen MR) is 161 cm³/mol. The summed E-state index contributed by atoms with van der Waals surface area (Å²) < 4.78 is 11.5. The lowest BCUT2D eigenvalue weighted by Crippen LogP contribution is -2.64. The first-order valence-electron chi connectivity index (χ1n) is 14.1. The maximum atomic E-state index is 13.4. The first kappa shape index (κ1) is 29.5. The highest BCUT2D eigenvalue weighted by atomic mass is 32.1. The Morgan fingerprint density at radius 2 is 1.79 bits per heavy atom. The molecule has 2 fully saturated rings. The van der Waals surface area contributed by atoms with Crippen LogP contribution < -0.4 is 5.32 Å². The fraction of sp³-hybridized carbons (Fsp3) is 0.452. The van der Waals surface area contributed by atoms with E-state index in [1.54, 1.807) is 21.9 Å². The van der Waals surface area contributed by atoms with Crippen LogP contribution in [0.1, 0.15) is 50.6 Å². The van der Waals surface area contributed by atoms with Gasteiger partial charge in [-0.05, 0) is 77.3 Å². The van der Waals surface area contributed by atoms with Crippen molar-refractivity contribution in [1.29, 1.82) is 5.26 Å². The highest BCUT2D eigenvalue weighted by Crippen LogP contribution is 2.40. The van der Waals surface area contributed by atoms with E-state index in [1.807, 2.05) is 58.9 Å². The molecule has 11 heteroatoms. The average molecular weight is 589 g/mol. The average Bonchev–Trinajstić information content (AvgIpc) is 3.36. The number of aromatic nitrogens is 2. The minimum Gasteiger partial charge on any atom is -0.444 e. The van der Waals surface area contributed by atoms with Crippen molar-refractivity contribution in [2.45, 2.75) is 58.6 Å². The summed E-state index contributed by atoms with van der Waals surface area (Å²) in [4.78, 5) is 40.2.